The van der Waals surface area contributed by atoms with Crippen LogP contribution in [0.5, 0.6) is 5.75 Å². The highest BCUT2D eigenvalue weighted by Gasteiger charge is 2.21. The third kappa shape index (κ3) is 4.43. The van der Waals surface area contributed by atoms with E-state index in [1.54, 1.807) is 12.1 Å². The summed E-state index contributed by atoms with van der Waals surface area (Å²) in [5, 5.41) is 0. The molecule has 1 aliphatic rings. The van der Waals surface area contributed by atoms with Gasteiger partial charge in [0, 0.05) is 37.1 Å². The Bertz CT molecular complexity index is 737. The van der Waals surface area contributed by atoms with E-state index in [-0.39, 0.29) is 5.69 Å². The van der Waals surface area contributed by atoms with E-state index in [4.69, 9.17) is 10.5 Å². The zero-order chi connectivity index (χ0) is 17.8. The molecule has 3 heterocycles. The SMILES string of the molecule is Cc1cc(N2CCC(COc3ccnc(C(N)=O)c3)CC2)nc(C)n1. The maximum Gasteiger partial charge on any atom is 0.267 e. The Labute approximate surface area is 147 Å². The highest BCUT2D eigenvalue weighted by Crippen LogP contribution is 2.23. The minimum absolute atomic E-state index is 0.224. The van der Waals surface area contributed by atoms with E-state index in [1.807, 2.05) is 19.9 Å². The van der Waals surface area contributed by atoms with Gasteiger partial charge in [0.05, 0.1) is 6.61 Å². The Morgan fingerprint density at radius 2 is 2.04 bits per heavy atom. The zero-order valence-electron chi connectivity index (χ0n) is 14.6. The lowest BCUT2D eigenvalue weighted by molar-refractivity contribution is 0.0995. The fraction of sp³-hybridized carbons (Fsp3) is 0.444. The van der Waals surface area contributed by atoms with Crippen molar-refractivity contribution in [1.29, 1.82) is 0 Å². The molecule has 1 amide bonds. The number of hydrogen-bond donors (Lipinski definition) is 1. The summed E-state index contributed by atoms with van der Waals surface area (Å²) in [4.78, 5) is 26.3. The van der Waals surface area contributed by atoms with Gasteiger partial charge in [0.2, 0.25) is 0 Å². The molecular weight excluding hydrogens is 318 g/mol. The topological polar surface area (TPSA) is 94.2 Å². The van der Waals surface area contributed by atoms with Crippen molar-refractivity contribution in [3.63, 3.8) is 0 Å². The molecule has 132 valence electrons. The smallest absolute Gasteiger partial charge is 0.267 e. The van der Waals surface area contributed by atoms with Gasteiger partial charge in [0.15, 0.2) is 0 Å². The molecule has 0 spiro atoms. The highest BCUT2D eigenvalue weighted by molar-refractivity contribution is 5.91. The van der Waals surface area contributed by atoms with Crippen molar-refractivity contribution >= 4 is 11.7 Å². The monoisotopic (exact) mass is 341 g/mol. The summed E-state index contributed by atoms with van der Waals surface area (Å²) in [6.07, 6.45) is 3.61. The molecule has 0 saturated carbocycles. The molecule has 7 nitrogen and oxygen atoms in total. The third-order valence-electron chi connectivity index (χ3n) is 4.36. The maximum absolute atomic E-state index is 11.2. The van der Waals surface area contributed by atoms with Crippen LogP contribution < -0.4 is 15.4 Å². The Morgan fingerprint density at radius 3 is 2.72 bits per heavy atom. The van der Waals surface area contributed by atoms with E-state index in [9.17, 15) is 4.79 Å². The maximum atomic E-state index is 11.2. The number of nitrogens with two attached hydrogens (primary N) is 1. The van der Waals surface area contributed by atoms with E-state index >= 15 is 0 Å². The molecule has 0 unspecified atom stereocenters. The number of aryl methyl sites for hydroxylation is 2. The normalized spacial score (nSPS) is 15.2. The van der Waals surface area contributed by atoms with Crippen LogP contribution in [0.3, 0.4) is 0 Å². The van der Waals surface area contributed by atoms with E-state index in [0.717, 1.165) is 43.3 Å². The summed E-state index contributed by atoms with van der Waals surface area (Å²) in [7, 11) is 0. The number of rotatable bonds is 5. The first-order valence-corrected chi connectivity index (χ1v) is 8.47. The number of hydrogen-bond acceptors (Lipinski definition) is 6. The predicted octanol–water partition coefficient (Wildman–Crippen LogP) is 1.88. The Hall–Kier alpha value is -2.70. The molecule has 1 aliphatic heterocycles. The fourth-order valence-electron chi connectivity index (χ4n) is 3.04. The van der Waals surface area contributed by atoms with Crippen LogP contribution in [0, 0.1) is 19.8 Å². The molecule has 0 bridgehead atoms. The predicted molar refractivity (Wildman–Crippen MR) is 94.7 cm³/mol. The Balaban J connectivity index is 1.52. The molecule has 2 N–H and O–H groups in total. The second-order valence-corrected chi connectivity index (χ2v) is 6.40. The van der Waals surface area contributed by atoms with Gasteiger partial charge in [-0.05, 0) is 38.7 Å². The lowest BCUT2D eigenvalue weighted by Gasteiger charge is -2.32. The molecule has 1 saturated heterocycles. The summed E-state index contributed by atoms with van der Waals surface area (Å²) >= 11 is 0. The fourth-order valence-corrected chi connectivity index (χ4v) is 3.04. The number of amides is 1. The minimum atomic E-state index is -0.547. The van der Waals surface area contributed by atoms with Crippen LogP contribution in [0.15, 0.2) is 24.4 Å². The molecule has 0 radical (unpaired) electrons. The van der Waals surface area contributed by atoms with E-state index in [2.05, 4.69) is 19.9 Å². The van der Waals surface area contributed by atoms with Crippen molar-refractivity contribution in [2.24, 2.45) is 11.7 Å². The van der Waals surface area contributed by atoms with Crippen molar-refractivity contribution in [3.8, 4) is 5.75 Å². The molecular formula is C18H23N5O2. The number of carbonyl (C=O) groups excluding carboxylic acids is 1. The number of carbonyl (C=O) groups is 1. The van der Waals surface area contributed by atoms with Gasteiger partial charge in [0.25, 0.3) is 5.91 Å². The highest BCUT2D eigenvalue weighted by atomic mass is 16.5. The summed E-state index contributed by atoms with van der Waals surface area (Å²) in [5.74, 6) is 2.38. The first-order valence-electron chi connectivity index (χ1n) is 8.47. The molecule has 0 aliphatic carbocycles. The van der Waals surface area contributed by atoms with Gasteiger partial charge >= 0.3 is 0 Å². The average molecular weight is 341 g/mol. The molecule has 1 fully saturated rings. The van der Waals surface area contributed by atoms with Gasteiger partial charge in [0.1, 0.15) is 23.1 Å². The van der Waals surface area contributed by atoms with Crippen LogP contribution in [0.25, 0.3) is 0 Å². The van der Waals surface area contributed by atoms with E-state index in [1.165, 1.54) is 6.20 Å². The van der Waals surface area contributed by atoms with Gasteiger partial charge in [-0.3, -0.25) is 9.78 Å². The van der Waals surface area contributed by atoms with E-state index in [0.29, 0.717) is 18.3 Å². The van der Waals surface area contributed by atoms with Crippen LogP contribution >= 0.6 is 0 Å². The lowest BCUT2D eigenvalue weighted by Crippen LogP contribution is -2.36. The molecule has 2 aromatic heterocycles. The number of aromatic nitrogens is 3. The number of primary amides is 1. The number of anilines is 1. The molecule has 3 rings (SSSR count). The lowest BCUT2D eigenvalue weighted by atomic mass is 9.98. The van der Waals surface area contributed by atoms with Crippen LogP contribution in [-0.2, 0) is 0 Å². The van der Waals surface area contributed by atoms with Gasteiger partial charge in [-0.15, -0.1) is 0 Å². The van der Waals surface area contributed by atoms with Gasteiger partial charge < -0.3 is 15.4 Å². The first kappa shape index (κ1) is 17.1. The summed E-state index contributed by atoms with van der Waals surface area (Å²) in [6.45, 7) is 6.44. The van der Waals surface area contributed by atoms with Crippen LogP contribution in [0.2, 0.25) is 0 Å². The van der Waals surface area contributed by atoms with Gasteiger partial charge in [-0.2, -0.15) is 0 Å². The van der Waals surface area contributed by atoms with Gasteiger partial charge in [-0.25, -0.2) is 9.97 Å². The Morgan fingerprint density at radius 1 is 1.28 bits per heavy atom. The van der Waals surface area contributed by atoms with Crippen LogP contribution in [-0.4, -0.2) is 40.6 Å². The number of pyridine rings is 1. The largest absolute Gasteiger partial charge is 0.493 e. The van der Waals surface area contributed by atoms with Crippen molar-refractivity contribution in [3.05, 3.63) is 41.6 Å². The Kier molecular flexibility index (Phi) is 5.11. The molecule has 0 aromatic carbocycles. The number of ether oxygens (including phenoxy) is 1. The first-order chi connectivity index (χ1) is 12.0. The average Bonchev–Trinajstić information content (AvgIpc) is 2.60. The second kappa shape index (κ2) is 7.46. The van der Waals surface area contributed by atoms with E-state index < -0.39 is 5.91 Å². The molecule has 25 heavy (non-hydrogen) atoms. The number of nitrogens with zero attached hydrogens (tertiary/aromatic N) is 4. The van der Waals surface area contributed by atoms with Crippen molar-refractivity contribution in [2.45, 2.75) is 26.7 Å². The van der Waals surface area contributed by atoms with Crippen molar-refractivity contribution < 1.29 is 9.53 Å². The summed E-state index contributed by atoms with van der Waals surface area (Å²) in [6, 6.07) is 5.37. The summed E-state index contributed by atoms with van der Waals surface area (Å²) < 4.78 is 5.82. The zero-order valence-corrected chi connectivity index (χ0v) is 14.6. The summed E-state index contributed by atoms with van der Waals surface area (Å²) in [5.41, 5.74) is 6.46. The number of piperidine rings is 1. The third-order valence-corrected chi connectivity index (χ3v) is 4.36. The van der Waals surface area contributed by atoms with Crippen molar-refractivity contribution in [1.82, 2.24) is 15.0 Å². The molecule has 7 heteroatoms. The quantitative estimate of drug-likeness (QED) is 0.892. The van der Waals surface area contributed by atoms with Crippen LogP contribution in [0.4, 0.5) is 5.82 Å². The minimum Gasteiger partial charge on any atom is -0.493 e. The van der Waals surface area contributed by atoms with Crippen LogP contribution in [0.1, 0.15) is 34.8 Å². The van der Waals surface area contributed by atoms with Gasteiger partial charge in [-0.1, -0.05) is 0 Å². The van der Waals surface area contributed by atoms with Crippen molar-refractivity contribution in [2.75, 3.05) is 24.6 Å². The standard InChI is InChI=1S/C18H23N5O2/c1-12-9-17(22-13(2)21-12)23-7-4-14(5-8-23)11-25-15-3-6-20-16(10-15)18(19)24/h3,6,9-10,14H,4-5,7-8,11H2,1-2H3,(H2,19,24). The molecule has 2 aromatic rings. The molecule has 0 atom stereocenters. The second-order valence-electron chi connectivity index (χ2n) is 6.40.